The highest BCUT2D eigenvalue weighted by Gasteiger charge is 2.17. The Bertz CT molecular complexity index is 1050. The van der Waals surface area contributed by atoms with E-state index in [0.717, 1.165) is 17.7 Å². The van der Waals surface area contributed by atoms with Crippen LogP contribution in [0.15, 0.2) is 47.0 Å². The third-order valence-corrected chi connectivity index (χ3v) is 4.86. The van der Waals surface area contributed by atoms with E-state index in [1.165, 1.54) is 12.3 Å². The van der Waals surface area contributed by atoms with Crippen molar-refractivity contribution in [1.29, 1.82) is 0 Å². The second kappa shape index (κ2) is 10.1. The maximum absolute atomic E-state index is 13.9. The Morgan fingerprint density at radius 1 is 1.10 bits per heavy atom. The molecule has 0 unspecified atom stereocenters. The summed E-state index contributed by atoms with van der Waals surface area (Å²) in [5, 5.41) is 0. The first-order chi connectivity index (χ1) is 14.9. The Morgan fingerprint density at radius 2 is 1.87 bits per heavy atom. The lowest BCUT2D eigenvalue weighted by Crippen LogP contribution is -2.30. The first kappa shape index (κ1) is 22.3. The molecule has 0 fully saturated rings. The van der Waals surface area contributed by atoms with Gasteiger partial charge in [-0.1, -0.05) is 6.07 Å². The van der Waals surface area contributed by atoms with E-state index in [1.54, 1.807) is 25.2 Å². The summed E-state index contributed by atoms with van der Waals surface area (Å²) >= 11 is 0. The number of carbonyl (C=O) groups is 1. The van der Waals surface area contributed by atoms with E-state index in [9.17, 15) is 13.6 Å². The van der Waals surface area contributed by atoms with Crippen molar-refractivity contribution in [3.05, 3.63) is 65.7 Å². The van der Waals surface area contributed by atoms with Crippen molar-refractivity contribution >= 4 is 5.91 Å². The minimum absolute atomic E-state index is 0.0648. The van der Waals surface area contributed by atoms with E-state index in [1.807, 2.05) is 19.1 Å². The van der Waals surface area contributed by atoms with Gasteiger partial charge in [0.2, 0.25) is 5.91 Å². The second-order valence-corrected chi connectivity index (χ2v) is 6.84. The zero-order valence-corrected chi connectivity index (χ0v) is 17.7. The Balaban J connectivity index is 1.62. The summed E-state index contributed by atoms with van der Waals surface area (Å²) < 4.78 is 43.1. The van der Waals surface area contributed by atoms with Gasteiger partial charge in [0.25, 0.3) is 0 Å². The van der Waals surface area contributed by atoms with Crippen LogP contribution >= 0.6 is 0 Å². The lowest BCUT2D eigenvalue weighted by atomic mass is 10.1. The smallest absolute Gasteiger partial charge is 0.223 e. The average molecular weight is 430 g/mol. The Hall–Kier alpha value is -3.42. The molecule has 0 radical (unpaired) electrons. The molecule has 1 amide bonds. The number of oxazole rings is 1. The molecule has 0 aliphatic rings. The van der Waals surface area contributed by atoms with Gasteiger partial charge in [0.05, 0.1) is 26.0 Å². The number of nitrogens with zero attached hydrogens (tertiary/aromatic N) is 2. The minimum Gasteiger partial charge on any atom is -0.493 e. The number of aryl methyl sites for hydroxylation is 1. The molecule has 0 saturated carbocycles. The third-order valence-electron chi connectivity index (χ3n) is 4.86. The molecule has 0 aliphatic heterocycles. The molecule has 1 heterocycles. The molecule has 6 nitrogen and oxygen atoms in total. The quantitative estimate of drug-likeness (QED) is 0.496. The predicted molar refractivity (Wildman–Crippen MR) is 111 cm³/mol. The van der Waals surface area contributed by atoms with Gasteiger partial charge >= 0.3 is 0 Å². The van der Waals surface area contributed by atoms with Crippen molar-refractivity contribution < 1.29 is 27.5 Å². The molecule has 0 aliphatic carbocycles. The van der Waals surface area contributed by atoms with E-state index < -0.39 is 11.6 Å². The lowest BCUT2D eigenvalue weighted by molar-refractivity contribution is -0.131. The molecule has 0 N–H and O–H groups in total. The first-order valence-electron chi connectivity index (χ1n) is 9.84. The molecule has 0 atom stereocenters. The molecular weight excluding hydrogens is 406 g/mol. The molecule has 0 bridgehead atoms. The Labute approximate surface area is 179 Å². The number of rotatable bonds is 9. The molecule has 3 aromatic rings. The summed E-state index contributed by atoms with van der Waals surface area (Å²) in [5.41, 5.74) is 1.04. The van der Waals surface area contributed by atoms with Crippen LogP contribution < -0.4 is 9.47 Å². The molecule has 0 spiro atoms. The van der Waals surface area contributed by atoms with Crippen LogP contribution in [0.3, 0.4) is 0 Å². The van der Waals surface area contributed by atoms with Gasteiger partial charge < -0.3 is 18.8 Å². The second-order valence-electron chi connectivity index (χ2n) is 6.84. The topological polar surface area (TPSA) is 64.8 Å². The Morgan fingerprint density at radius 3 is 2.55 bits per heavy atom. The number of carbonyl (C=O) groups excluding carboxylic acids is 1. The van der Waals surface area contributed by atoms with Crippen LogP contribution in [0.5, 0.6) is 11.5 Å². The predicted octanol–water partition coefficient (Wildman–Crippen LogP) is 4.62. The standard InChI is InChI=1S/C23H24F2N2O4/c1-4-27(14-15-5-8-19(29-2)20(11-15)30-3)23(28)10-9-22-26-13-21(31-22)17-7-6-16(24)12-18(17)25/h5-8,11-13H,4,9-10,14H2,1-3H3. The van der Waals surface area contributed by atoms with E-state index in [-0.39, 0.29) is 30.1 Å². The number of methoxy groups -OCH3 is 2. The number of amides is 1. The fourth-order valence-electron chi connectivity index (χ4n) is 3.19. The van der Waals surface area contributed by atoms with Crippen molar-refractivity contribution in [2.45, 2.75) is 26.3 Å². The van der Waals surface area contributed by atoms with Crippen molar-refractivity contribution in [1.82, 2.24) is 9.88 Å². The molecule has 31 heavy (non-hydrogen) atoms. The van der Waals surface area contributed by atoms with Gasteiger partial charge in [-0.25, -0.2) is 13.8 Å². The highest BCUT2D eigenvalue weighted by atomic mass is 19.1. The van der Waals surface area contributed by atoms with Gasteiger partial charge in [0.15, 0.2) is 23.1 Å². The van der Waals surface area contributed by atoms with Crippen molar-refractivity contribution in [2.75, 3.05) is 20.8 Å². The highest BCUT2D eigenvalue weighted by molar-refractivity contribution is 5.76. The van der Waals surface area contributed by atoms with Gasteiger partial charge in [0.1, 0.15) is 11.6 Å². The monoisotopic (exact) mass is 430 g/mol. The number of halogens is 2. The maximum atomic E-state index is 13.9. The normalized spacial score (nSPS) is 10.7. The van der Waals surface area contributed by atoms with E-state index in [4.69, 9.17) is 13.9 Å². The third kappa shape index (κ3) is 5.39. The molecule has 1 aromatic heterocycles. The van der Waals surface area contributed by atoms with Crippen LogP contribution in [0.1, 0.15) is 24.8 Å². The van der Waals surface area contributed by atoms with E-state index >= 15 is 0 Å². The summed E-state index contributed by atoms with van der Waals surface area (Å²) in [5.74, 6) is 0.269. The lowest BCUT2D eigenvalue weighted by Gasteiger charge is -2.21. The molecule has 0 saturated heterocycles. The number of benzene rings is 2. The molecule has 3 rings (SSSR count). The van der Waals surface area contributed by atoms with Crippen molar-refractivity contribution in [2.24, 2.45) is 0 Å². The first-order valence-corrected chi connectivity index (χ1v) is 9.84. The van der Waals surface area contributed by atoms with Gasteiger partial charge in [-0.15, -0.1) is 0 Å². The fourth-order valence-corrected chi connectivity index (χ4v) is 3.19. The van der Waals surface area contributed by atoms with E-state index in [2.05, 4.69) is 4.98 Å². The van der Waals surface area contributed by atoms with Crippen molar-refractivity contribution in [3.8, 4) is 22.8 Å². The molecular formula is C23H24F2N2O4. The fraction of sp³-hybridized carbons (Fsp3) is 0.304. The molecule has 164 valence electrons. The van der Waals surface area contributed by atoms with Gasteiger partial charge in [-0.2, -0.15) is 0 Å². The number of hydrogen-bond donors (Lipinski definition) is 0. The van der Waals surface area contributed by atoms with Crippen LogP contribution in [0, 0.1) is 11.6 Å². The summed E-state index contributed by atoms with van der Waals surface area (Å²) in [6, 6.07) is 8.75. The Kier molecular flexibility index (Phi) is 7.23. The largest absolute Gasteiger partial charge is 0.493 e. The maximum Gasteiger partial charge on any atom is 0.223 e. The summed E-state index contributed by atoms with van der Waals surface area (Å²) in [4.78, 5) is 18.5. The molecule has 2 aromatic carbocycles. The van der Waals surface area contributed by atoms with Gasteiger partial charge in [-0.05, 0) is 36.8 Å². The van der Waals surface area contributed by atoms with Crippen LogP contribution in [0.25, 0.3) is 11.3 Å². The van der Waals surface area contributed by atoms with Crippen molar-refractivity contribution in [3.63, 3.8) is 0 Å². The van der Waals surface area contributed by atoms with Gasteiger partial charge in [0, 0.05) is 32.0 Å². The van der Waals surface area contributed by atoms with Crippen LogP contribution in [0.2, 0.25) is 0 Å². The zero-order chi connectivity index (χ0) is 22.4. The molecule has 8 heteroatoms. The average Bonchev–Trinajstić information content (AvgIpc) is 3.24. The number of ether oxygens (including phenoxy) is 2. The summed E-state index contributed by atoms with van der Waals surface area (Å²) in [6.45, 7) is 2.86. The summed E-state index contributed by atoms with van der Waals surface area (Å²) in [7, 11) is 3.13. The van der Waals surface area contributed by atoms with Gasteiger partial charge in [-0.3, -0.25) is 4.79 Å². The van der Waals surface area contributed by atoms with Crippen LogP contribution in [0.4, 0.5) is 8.78 Å². The summed E-state index contributed by atoms with van der Waals surface area (Å²) in [6.07, 6.45) is 1.83. The number of aromatic nitrogens is 1. The van der Waals surface area contributed by atoms with Crippen LogP contribution in [-0.2, 0) is 17.8 Å². The SMILES string of the molecule is CCN(Cc1ccc(OC)c(OC)c1)C(=O)CCc1ncc(-c2ccc(F)cc2F)o1. The van der Waals surface area contributed by atoms with E-state index in [0.29, 0.717) is 30.5 Å². The van der Waals surface area contributed by atoms with Crippen LogP contribution in [-0.4, -0.2) is 36.6 Å². The number of hydrogen-bond acceptors (Lipinski definition) is 5. The zero-order valence-electron chi connectivity index (χ0n) is 17.7. The highest BCUT2D eigenvalue weighted by Crippen LogP contribution is 2.28. The minimum atomic E-state index is -0.731.